The minimum Gasteiger partial charge on any atom is -0.384 e. The minimum atomic E-state index is -0.577. The van der Waals surface area contributed by atoms with Gasteiger partial charge >= 0.3 is 0 Å². The van der Waals surface area contributed by atoms with Crippen LogP contribution in [0.5, 0.6) is 0 Å². The molecule has 25 heavy (non-hydrogen) atoms. The predicted molar refractivity (Wildman–Crippen MR) is 101 cm³/mol. The highest BCUT2D eigenvalue weighted by Gasteiger charge is 2.18. The maximum absolute atomic E-state index is 12.0. The molecule has 1 aromatic carbocycles. The van der Waals surface area contributed by atoms with Crippen molar-refractivity contribution in [2.45, 2.75) is 37.5 Å². The van der Waals surface area contributed by atoms with Gasteiger partial charge in [0.2, 0.25) is 0 Å². The number of hydrogen-bond donors (Lipinski definition) is 2. The first-order valence-corrected chi connectivity index (χ1v) is 9.20. The number of hydrogen-bond acceptors (Lipinski definition) is 5. The number of nitriles is 2. The number of rotatable bonds is 7. The standard InChI is InChI=1S/C19H20N4OS/c1-2-3-4-5-9-25-14-8-6-7-13(10-14)17-15(11-20)18(22)23-19(24)16(17)12-21/h6-8,10H,2-5,9H2,1H3,(H3,22,23,24). The van der Waals surface area contributed by atoms with E-state index in [9.17, 15) is 15.3 Å². The number of unbranched alkanes of at least 4 members (excludes halogenated alkanes) is 3. The molecule has 3 N–H and O–H groups in total. The largest absolute Gasteiger partial charge is 0.384 e. The third kappa shape index (κ3) is 4.43. The van der Waals surface area contributed by atoms with Gasteiger partial charge in [-0.1, -0.05) is 38.3 Å². The van der Waals surface area contributed by atoms with Crippen molar-refractivity contribution in [1.29, 1.82) is 10.5 Å². The van der Waals surface area contributed by atoms with Crippen LogP contribution in [-0.2, 0) is 0 Å². The second kappa shape index (κ2) is 8.96. The fourth-order valence-electron chi connectivity index (χ4n) is 2.59. The molecule has 0 aliphatic carbocycles. The monoisotopic (exact) mass is 352 g/mol. The number of nitrogens with zero attached hydrogens (tertiary/aromatic N) is 2. The van der Waals surface area contributed by atoms with E-state index >= 15 is 0 Å². The van der Waals surface area contributed by atoms with Crippen molar-refractivity contribution in [3.05, 3.63) is 45.7 Å². The SMILES string of the molecule is CCCCCCSc1cccc(-c2c(C#N)c(N)[nH]c(=O)c2C#N)c1. The molecule has 5 nitrogen and oxygen atoms in total. The average molecular weight is 352 g/mol. The molecule has 0 spiro atoms. The maximum Gasteiger partial charge on any atom is 0.268 e. The zero-order valence-electron chi connectivity index (χ0n) is 14.1. The summed E-state index contributed by atoms with van der Waals surface area (Å²) in [5.74, 6) is 0.996. The normalized spacial score (nSPS) is 10.2. The van der Waals surface area contributed by atoms with Crippen LogP contribution in [0.25, 0.3) is 11.1 Å². The summed E-state index contributed by atoms with van der Waals surface area (Å²) in [6.45, 7) is 2.18. The summed E-state index contributed by atoms with van der Waals surface area (Å²) >= 11 is 1.73. The predicted octanol–water partition coefficient (Wildman–Crippen LogP) is 4.04. The van der Waals surface area contributed by atoms with Crippen molar-refractivity contribution in [2.75, 3.05) is 11.5 Å². The molecule has 0 atom stereocenters. The van der Waals surface area contributed by atoms with Gasteiger partial charge in [0, 0.05) is 10.5 Å². The fourth-order valence-corrected chi connectivity index (χ4v) is 3.56. The maximum atomic E-state index is 12.0. The number of aromatic amines is 1. The Morgan fingerprint density at radius 2 is 1.92 bits per heavy atom. The summed E-state index contributed by atoms with van der Waals surface area (Å²) in [4.78, 5) is 15.4. The van der Waals surface area contributed by atoms with Crippen molar-refractivity contribution < 1.29 is 0 Å². The number of thioether (sulfide) groups is 1. The van der Waals surface area contributed by atoms with E-state index in [2.05, 4.69) is 11.9 Å². The van der Waals surface area contributed by atoms with E-state index in [-0.39, 0.29) is 16.9 Å². The van der Waals surface area contributed by atoms with Crippen LogP contribution in [-0.4, -0.2) is 10.7 Å². The zero-order valence-corrected chi connectivity index (χ0v) is 14.9. The Kier molecular flexibility index (Phi) is 6.68. The Bertz CT molecular complexity index is 890. The Balaban J connectivity index is 2.37. The lowest BCUT2D eigenvalue weighted by Gasteiger charge is -2.10. The summed E-state index contributed by atoms with van der Waals surface area (Å²) in [5.41, 5.74) is 6.19. The molecule has 1 heterocycles. The molecular weight excluding hydrogens is 332 g/mol. The highest BCUT2D eigenvalue weighted by molar-refractivity contribution is 7.99. The van der Waals surface area contributed by atoms with Gasteiger partial charge in [-0.25, -0.2) is 0 Å². The van der Waals surface area contributed by atoms with Crippen molar-refractivity contribution in [3.63, 3.8) is 0 Å². The van der Waals surface area contributed by atoms with Crippen LogP contribution in [0, 0.1) is 22.7 Å². The van der Waals surface area contributed by atoms with Crippen molar-refractivity contribution in [3.8, 4) is 23.3 Å². The number of nitrogens with two attached hydrogens (primary N) is 1. The number of nitrogen functional groups attached to an aromatic ring is 1. The topological polar surface area (TPSA) is 106 Å². The Labute approximate surface area is 151 Å². The van der Waals surface area contributed by atoms with Gasteiger partial charge in [0.25, 0.3) is 5.56 Å². The minimum absolute atomic E-state index is 0.0147. The highest BCUT2D eigenvalue weighted by Crippen LogP contribution is 2.31. The lowest BCUT2D eigenvalue weighted by molar-refractivity contribution is 0.706. The first-order chi connectivity index (χ1) is 12.1. The van der Waals surface area contributed by atoms with Crippen LogP contribution >= 0.6 is 11.8 Å². The molecule has 0 fully saturated rings. The van der Waals surface area contributed by atoms with E-state index in [1.807, 2.05) is 30.3 Å². The second-order valence-corrected chi connectivity index (χ2v) is 6.82. The Morgan fingerprint density at radius 1 is 1.16 bits per heavy atom. The molecule has 0 aliphatic heterocycles. The summed E-state index contributed by atoms with van der Waals surface area (Å²) in [6.07, 6.45) is 4.81. The van der Waals surface area contributed by atoms with Crippen molar-refractivity contribution in [1.82, 2.24) is 4.98 Å². The summed E-state index contributed by atoms with van der Waals surface area (Å²) in [7, 11) is 0. The van der Waals surface area contributed by atoms with Crippen LogP contribution in [0.2, 0.25) is 0 Å². The van der Waals surface area contributed by atoms with Crippen molar-refractivity contribution >= 4 is 17.6 Å². The van der Waals surface area contributed by atoms with E-state index in [1.54, 1.807) is 17.8 Å². The molecular formula is C19H20N4OS. The molecule has 6 heteroatoms. The van der Waals surface area contributed by atoms with Crippen LogP contribution in [0.3, 0.4) is 0 Å². The first kappa shape index (κ1) is 18.6. The lowest BCUT2D eigenvalue weighted by atomic mass is 9.97. The number of pyridine rings is 1. The van der Waals surface area contributed by atoms with E-state index in [1.165, 1.54) is 19.3 Å². The smallest absolute Gasteiger partial charge is 0.268 e. The van der Waals surface area contributed by atoms with Gasteiger partial charge in [0.05, 0.1) is 0 Å². The molecule has 0 radical (unpaired) electrons. The number of benzene rings is 1. The third-order valence-corrected chi connectivity index (χ3v) is 4.94. The van der Waals surface area contributed by atoms with Gasteiger partial charge in [0.15, 0.2) is 0 Å². The molecule has 0 amide bonds. The van der Waals surface area contributed by atoms with Gasteiger partial charge < -0.3 is 10.7 Å². The van der Waals surface area contributed by atoms with Crippen LogP contribution < -0.4 is 11.3 Å². The molecule has 2 aromatic rings. The zero-order chi connectivity index (χ0) is 18.2. The molecule has 0 unspecified atom stereocenters. The quantitative estimate of drug-likeness (QED) is 0.578. The number of nitrogens with one attached hydrogen (secondary N) is 1. The number of anilines is 1. The molecule has 2 rings (SSSR count). The molecule has 1 aromatic heterocycles. The second-order valence-electron chi connectivity index (χ2n) is 5.65. The van der Waals surface area contributed by atoms with Gasteiger partial charge in [-0.3, -0.25) is 4.79 Å². The molecule has 0 aliphatic rings. The molecule has 0 saturated heterocycles. The van der Waals surface area contributed by atoms with E-state index in [0.717, 1.165) is 17.1 Å². The van der Waals surface area contributed by atoms with Crippen LogP contribution in [0.4, 0.5) is 5.82 Å². The van der Waals surface area contributed by atoms with Crippen LogP contribution in [0.1, 0.15) is 43.7 Å². The summed E-state index contributed by atoms with van der Waals surface area (Å²) in [5, 5.41) is 18.7. The Hall–Kier alpha value is -2.70. The van der Waals surface area contributed by atoms with Crippen LogP contribution in [0.15, 0.2) is 34.0 Å². The molecule has 0 saturated carbocycles. The van der Waals surface area contributed by atoms with Gasteiger partial charge in [-0.15, -0.1) is 11.8 Å². The average Bonchev–Trinajstić information content (AvgIpc) is 2.61. The van der Waals surface area contributed by atoms with E-state index in [4.69, 9.17) is 5.73 Å². The lowest BCUT2D eigenvalue weighted by Crippen LogP contribution is -2.16. The van der Waals surface area contributed by atoms with E-state index in [0.29, 0.717) is 11.1 Å². The van der Waals surface area contributed by atoms with Gasteiger partial charge in [0.1, 0.15) is 29.1 Å². The summed E-state index contributed by atoms with van der Waals surface area (Å²) < 4.78 is 0. The highest BCUT2D eigenvalue weighted by atomic mass is 32.2. The van der Waals surface area contributed by atoms with Gasteiger partial charge in [-0.2, -0.15) is 10.5 Å². The Morgan fingerprint density at radius 3 is 2.60 bits per heavy atom. The van der Waals surface area contributed by atoms with Gasteiger partial charge in [-0.05, 0) is 29.9 Å². The molecule has 0 bridgehead atoms. The molecule has 128 valence electrons. The first-order valence-electron chi connectivity index (χ1n) is 8.21. The van der Waals surface area contributed by atoms with Crippen molar-refractivity contribution in [2.24, 2.45) is 0 Å². The number of H-pyrrole nitrogens is 1. The number of aromatic nitrogens is 1. The third-order valence-electron chi connectivity index (χ3n) is 3.86. The summed E-state index contributed by atoms with van der Waals surface area (Å²) in [6, 6.07) is 11.4. The van der Waals surface area contributed by atoms with E-state index < -0.39 is 5.56 Å². The fraction of sp³-hybridized carbons (Fsp3) is 0.316.